The first-order chi connectivity index (χ1) is 17.2. The lowest BCUT2D eigenvalue weighted by Gasteiger charge is -2.27. The van der Waals surface area contributed by atoms with Gasteiger partial charge in [-0.15, -0.1) is 0 Å². The lowest BCUT2D eigenvalue weighted by Crippen LogP contribution is -2.36. The van der Waals surface area contributed by atoms with Crippen LogP contribution in [0.25, 0.3) is 11.1 Å². The molecular formula is C29H26FNO4S. The Morgan fingerprint density at radius 3 is 1.97 bits per heavy atom. The Bertz CT molecular complexity index is 1420. The Labute approximate surface area is 210 Å². The zero-order valence-electron chi connectivity index (χ0n) is 20.0. The SMILES string of the molecule is CC(C)N(Cc1ccc(OS(=O)(=O)c2ccc(F)cc2)cc1)C(=O)c1ccc(-c2ccccc2)cc1. The van der Waals surface area contributed by atoms with Crippen LogP contribution in [0.2, 0.25) is 0 Å². The molecule has 0 atom stereocenters. The number of carbonyl (C=O) groups excluding carboxylic acids is 1. The Balaban J connectivity index is 1.45. The van der Waals surface area contributed by atoms with Gasteiger partial charge in [-0.25, -0.2) is 4.39 Å². The minimum absolute atomic E-state index is 0.0546. The summed E-state index contributed by atoms with van der Waals surface area (Å²) in [7, 11) is -4.08. The molecule has 0 bridgehead atoms. The molecule has 0 saturated carbocycles. The van der Waals surface area contributed by atoms with Crippen molar-refractivity contribution < 1.29 is 21.8 Å². The van der Waals surface area contributed by atoms with E-state index in [1.807, 2.05) is 68.4 Å². The van der Waals surface area contributed by atoms with Crippen molar-refractivity contribution in [3.63, 3.8) is 0 Å². The minimum Gasteiger partial charge on any atom is -0.379 e. The molecule has 0 N–H and O–H groups in total. The molecule has 1 amide bonds. The standard InChI is InChI=1S/C29H26FNO4S/c1-21(2)31(29(32)25-12-10-24(11-13-25)23-6-4-3-5-7-23)20-22-8-16-27(17-9-22)35-36(33,34)28-18-14-26(30)15-19-28/h3-19,21H,20H2,1-2H3. The van der Waals surface area contributed by atoms with Crippen molar-refractivity contribution in [2.24, 2.45) is 0 Å². The number of carbonyl (C=O) groups is 1. The number of rotatable bonds is 8. The highest BCUT2D eigenvalue weighted by Gasteiger charge is 2.20. The number of hydrogen-bond donors (Lipinski definition) is 0. The van der Waals surface area contributed by atoms with Gasteiger partial charge in [0.05, 0.1) is 0 Å². The summed E-state index contributed by atoms with van der Waals surface area (Å²) >= 11 is 0. The predicted molar refractivity (Wildman–Crippen MR) is 138 cm³/mol. The summed E-state index contributed by atoms with van der Waals surface area (Å²) in [4.78, 5) is 14.9. The smallest absolute Gasteiger partial charge is 0.339 e. The molecule has 0 aromatic heterocycles. The maximum atomic E-state index is 13.3. The number of halogens is 1. The number of nitrogens with zero attached hydrogens (tertiary/aromatic N) is 1. The molecule has 4 rings (SSSR count). The van der Waals surface area contributed by atoms with Gasteiger partial charge >= 0.3 is 10.1 Å². The van der Waals surface area contributed by atoms with Crippen LogP contribution in [0, 0.1) is 5.82 Å². The van der Waals surface area contributed by atoms with Crippen LogP contribution >= 0.6 is 0 Å². The molecule has 0 unspecified atom stereocenters. The average Bonchev–Trinajstić information content (AvgIpc) is 2.88. The maximum absolute atomic E-state index is 13.3. The second-order valence-corrected chi connectivity index (χ2v) is 10.2. The fraction of sp³-hybridized carbons (Fsp3) is 0.138. The second-order valence-electron chi connectivity index (χ2n) is 8.61. The van der Waals surface area contributed by atoms with E-state index in [1.165, 1.54) is 12.1 Å². The largest absolute Gasteiger partial charge is 0.379 e. The zero-order chi connectivity index (χ0) is 25.7. The summed E-state index contributed by atoms with van der Waals surface area (Å²) in [6, 6.07) is 28.4. The Morgan fingerprint density at radius 2 is 1.39 bits per heavy atom. The molecule has 0 aliphatic carbocycles. The molecule has 7 heteroatoms. The maximum Gasteiger partial charge on any atom is 0.339 e. The second kappa shape index (κ2) is 10.7. The molecule has 4 aromatic carbocycles. The summed E-state index contributed by atoms with van der Waals surface area (Å²) < 4.78 is 43.1. The van der Waals surface area contributed by atoms with Crippen molar-refractivity contribution >= 4 is 16.0 Å². The van der Waals surface area contributed by atoms with Crippen LogP contribution in [0.5, 0.6) is 5.75 Å². The first kappa shape index (κ1) is 25.1. The van der Waals surface area contributed by atoms with Crippen LogP contribution in [-0.2, 0) is 16.7 Å². The average molecular weight is 504 g/mol. The molecule has 0 saturated heterocycles. The van der Waals surface area contributed by atoms with E-state index in [1.54, 1.807) is 17.0 Å². The van der Waals surface area contributed by atoms with E-state index in [2.05, 4.69) is 0 Å². The monoisotopic (exact) mass is 503 g/mol. The quantitative estimate of drug-likeness (QED) is 0.264. The van der Waals surface area contributed by atoms with Gasteiger partial charge in [0, 0.05) is 18.2 Å². The van der Waals surface area contributed by atoms with Crippen molar-refractivity contribution in [3.05, 3.63) is 120 Å². The van der Waals surface area contributed by atoms with Gasteiger partial charge < -0.3 is 9.08 Å². The van der Waals surface area contributed by atoms with Crippen molar-refractivity contribution in [1.29, 1.82) is 0 Å². The number of hydrogen-bond acceptors (Lipinski definition) is 4. The Morgan fingerprint density at radius 1 is 0.806 bits per heavy atom. The normalized spacial score (nSPS) is 11.3. The van der Waals surface area contributed by atoms with Gasteiger partial charge in [0.25, 0.3) is 5.91 Å². The minimum atomic E-state index is -4.08. The summed E-state index contributed by atoms with van der Waals surface area (Å²) in [6.07, 6.45) is 0. The highest BCUT2D eigenvalue weighted by molar-refractivity contribution is 7.87. The van der Waals surface area contributed by atoms with Gasteiger partial charge in [0.15, 0.2) is 0 Å². The molecule has 0 aliphatic heterocycles. The fourth-order valence-corrected chi connectivity index (χ4v) is 4.64. The first-order valence-electron chi connectivity index (χ1n) is 11.5. The lowest BCUT2D eigenvalue weighted by atomic mass is 10.0. The molecular weight excluding hydrogens is 477 g/mol. The van der Waals surface area contributed by atoms with Crippen molar-refractivity contribution in [3.8, 4) is 16.9 Å². The van der Waals surface area contributed by atoms with E-state index >= 15 is 0 Å². The van der Waals surface area contributed by atoms with Crippen LogP contribution in [0.15, 0.2) is 108 Å². The van der Waals surface area contributed by atoms with Gasteiger partial charge in [-0.05, 0) is 79.1 Å². The highest BCUT2D eigenvalue weighted by atomic mass is 32.2. The number of amides is 1. The van der Waals surface area contributed by atoms with E-state index in [9.17, 15) is 17.6 Å². The molecule has 5 nitrogen and oxygen atoms in total. The van der Waals surface area contributed by atoms with E-state index in [0.717, 1.165) is 41.0 Å². The highest BCUT2D eigenvalue weighted by Crippen LogP contribution is 2.23. The van der Waals surface area contributed by atoms with Gasteiger partial charge in [-0.2, -0.15) is 8.42 Å². The molecule has 0 heterocycles. The van der Waals surface area contributed by atoms with Gasteiger partial charge in [0.2, 0.25) is 0 Å². The molecule has 36 heavy (non-hydrogen) atoms. The molecule has 4 aromatic rings. The van der Waals surface area contributed by atoms with E-state index < -0.39 is 15.9 Å². The Kier molecular flexibility index (Phi) is 7.50. The van der Waals surface area contributed by atoms with Crippen LogP contribution < -0.4 is 4.18 Å². The molecule has 184 valence electrons. The van der Waals surface area contributed by atoms with Crippen LogP contribution in [0.1, 0.15) is 29.8 Å². The summed E-state index contributed by atoms with van der Waals surface area (Å²) in [5, 5.41) is 0. The van der Waals surface area contributed by atoms with Crippen molar-refractivity contribution in [2.75, 3.05) is 0 Å². The van der Waals surface area contributed by atoms with Gasteiger partial charge in [-0.1, -0.05) is 54.6 Å². The third-order valence-corrected chi connectivity index (χ3v) is 6.97. The third kappa shape index (κ3) is 5.98. The molecule has 0 fully saturated rings. The van der Waals surface area contributed by atoms with Crippen molar-refractivity contribution in [1.82, 2.24) is 4.90 Å². The molecule has 0 radical (unpaired) electrons. The van der Waals surface area contributed by atoms with E-state index in [4.69, 9.17) is 4.18 Å². The third-order valence-electron chi connectivity index (χ3n) is 5.71. The molecule has 0 spiro atoms. The predicted octanol–water partition coefficient (Wildman–Crippen LogP) is 6.31. The zero-order valence-corrected chi connectivity index (χ0v) is 20.8. The summed E-state index contributed by atoms with van der Waals surface area (Å²) in [5.74, 6) is -0.500. The van der Waals surface area contributed by atoms with E-state index in [0.29, 0.717) is 12.1 Å². The first-order valence-corrected chi connectivity index (χ1v) is 12.9. The summed E-state index contributed by atoms with van der Waals surface area (Å²) in [6.45, 7) is 4.24. The number of benzene rings is 4. The fourth-order valence-electron chi connectivity index (χ4n) is 3.71. The van der Waals surface area contributed by atoms with Gasteiger partial charge in [0.1, 0.15) is 16.5 Å². The van der Waals surface area contributed by atoms with E-state index in [-0.39, 0.29) is 22.6 Å². The van der Waals surface area contributed by atoms with Crippen LogP contribution in [0.4, 0.5) is 4.39 Å². The Hall–Kier alpha value is -3.97. The summed E-state index contributed by atoms with van der Waals surface area (Å²) in [5.41, 5.74) is 3.54. The molecule has 0 aliphatic rings. The van der Waals surface area contributed by atoms with Crippen molar-refractivity contribution in [2.45, 2.75) is 31.3 Å². The van der Waals surface area contributed by atoms with Gasteiger partial charge in [-0.3, -0.25) is 4.79 Å². The van der Waals surface area contributed by atoms with Crippen LogP contribution in [0.3, 0.4) is 0 Å². The topological polar surface area (TPSA) is 63.7 Å². The van der Waals surface area contributed by atoms with Crippen LogP contribution in [-0.4, -0.2) is 25.3 Å². The lowest BCUT2D eigenvalue weighted by molar-refractivity contribution is 0.0690.